The van der Waals surface area contributed by atoms with E-state index in [1.165, 1.54) is 18.2 Å². The molecule has 1 heterocycles. The molecule has 0 aliphatic carbocycles. The molecule has 4 heteroatoms. The summed E-state index contributed by atoms with van der Waals surface area (Å²) in [5, 5.41) is 1.29. The second kappa shape index (κ2) is 3.88. The third kappa shape index (κ3) is 1.52. The van der Waals surface area contributed by atoms with Crippen LogP contribution >= 0.6 is 45.2 Å². The van der Waals surface area contributed by atoms with E-state index in [0.29, 0.717) is 0 Å². The van der Waals surface area contributed by atoms with Crippen molar-refractivity contribution in [1.29, 1.82) is 0 Å². The molecule has 0 spiro atoms. The molecule has 2 nitrogen and oxygen atoms in total. The van der Waals surface area contributed by atoms with Gasteiger partial charge in [0.2, 0.25) is 0 Å². The van der Waals surface area contributed by atoms with Gasteiger partial charge in [-0.3, -0.25) is 0 Å². The Bertz CT molecular complexity index is 490. The van der Waals surface area contributed by atoms with Crippen molar-refractivity contribution < 1.29 is 4.74 Å². The molecule has 0 fully saturated rings. The Morgan fingerprint density at radius 1 is 1.29 bits per heavy atom. The van der Waals surface area contributed by atoms with Crippen LogP contribution in [0.15, 0.2) is 18.2 Å². The topological polar surface area (TPSA) is 14.2 Å². The number of benzene rings is 1. The first-order valence-electron chi connectivity index (χ1n) is 4.12. The monoisotopic (exact) mass is 413 g/mol. The zero-order valence-electron chi connectivity index (χ0n) is 7.84. The lowest BCUT2D eigenvalue weighted by atomic mass is 10.2. The fourth-order valence-electron chi connectivity index (χ4n) is 1.47. The quantitative estimate of drug-likeness (QED) is 0.655. The molecule has 0 saturated carbocycles. The summed E-state index contributed by atoms with van der Waals surface area (Å²) in [6.45, 7) is 0. The van der Waals surface area contributed by atoms with Crippen LogP contribution in [0.2, 0.25) is 0 Å². The second-order valence-corrected chi connectivity index (χ2v) is 5.15. The first-order chi connectivity index (χ1) is 6.65. The first kappa shape index (κ1) is 10.5. The van der Waals surface area contributed by atoms with Crippen molar-refractivity contribution in [2.24, 2.45) is 7.05 Å². The van der Waals surface area contributed by atoms with Gasteiger partial charge in [-0.2, -0.15) is 0 Å². The molecule has 2 rings (SSSR count). The van der Waals surface area contributed by atoms with Gasteiger partial charge in [-0.25, -0.2) is 0 Å². The van der Waals surface area contributed by atoms with Crippen molar-refractivity contribution in [3.05, 3.63) is 25.5 Å². The van der Waals surface area contributed by atoms with Crippen LogP contribution in [0, 0.1) is 7.27 Å². The number of hydrogen-bond donors (Lipinski definition) is 0. The maximum Gasteiger partial charge on any atom is 0.120 e. The molecular weight excluding hydrogens is 404 g/mol. The number of methoxy groups -OCH3 is 1. The summed E-state index contributed by atoms with van der Waals surface area (Å²) in [5.74, 6) is 0.908. The number of ether oxygens (including phenoxy) is 1. The summed E-state index contributed by atoms with van der Waals surface area (Å²) in [6, 6.07) is 6.18. The van der Waals surface area contributed by atoms with E-state index < -0.39 is 0 Å². The molecule has 0 bridgehead atoms. The molecule has 14 heavy (non-hydrogen) atoms. The molecule has 0 amide bonds. The van der Waals surface area contributed by atoms with Crippen LogP contribution in [-0.4, -0.2) is 11.7 Å². The summed E-state index contributed by atoms with van der Waals surface area (Å²) < 4.78 is 9.97. The highest BCUT2D eigenvalue weighted by Gasteiger charge is 2.10. The van der Waals surface area contributed by atoms with Gasteiger partial charge in [-0.1, -0.05) is 0 Å². The van der Waals surface area contributed by atoms with Gasteiger partial charge in [0, 0.05) is 18.5 Å². The molecule has 0 aliphatic heterocycles. The number of fused-ring (bicyclic) bond motifs is 1. The number of halogens is 2. The maximum atomic E-state index is 5.21. The third-order valence-corrected chi connectivity index (χ3v) is 5.67. The highest BCUT2D eigenvalue weighted by atomic mass is 127. The number of hydrogen-bond acceptors (Lipinski definition) is 1. The number of aromatic nitrogens is 1. The summed E-state index contributed by atoms with van der Waals surface area (Å²) in [7, 11) is 3.77. The van der Waals surface area contributed by atoms with Crippen molar-refractivity contribution in [1.82, 2.24) is 4.57 Å². The Hall–Kier alpha value is 0.0200. The van der Waals surface area contributed by atoms with Crippen molar-refractivity contribution in [3.63, 3.8) is 0 Å². The Morgan fingerprint density at radius 2 is 2.00 bits per heavy atom. The average molecular weight is 413 g/mol. The summed E-state index contributed by atoms with van der Waals surface area (Å²) in [4.78, 5) is 0. The molecule has 1 aromatic heterocycles. The average Bonchev–Trinajstić information content (AvgIpc) is 2.44. The van der Waals surface area contributed by atoms with Crippen LogP contribution in [0.5, 0.6) is 5.75 Å². The zero-order valence-corrected chi connectivity index (χ0v) is 12.2. The minimum absolute atomic E-state index is 0.908. The summed E-state index contributed by atoms with van der Waals surface area (Å²) >= 11 is 4.74. The summed E-state index contributed by atoms with van der Waals surface area (Å²) in [5.41, 5.74) is 1.22. The predicted molar refractivity (Wildman–Crippen MR) is 74.9 cm³/mol. The van der Waals surface area contributed by atoms with Gasteiger partial charge in [-0.15, -0.1) is 0 Å². The minimum atomic E-state index is 0.908. The van der Waals surface area contributed by atoms with Crippen LogP contribution in [0.4, 0.5) is 0 Å². The molecule has 0 saturated heterocycles. The van der Waals surface area contributed by atoms with Gasteiger partial charge in [0.25, 0.3) is 0 Å². The summed E-state index contributed by atoms with van der Waals surface area (Å²) in [6.07, 6.45) is 0. The smallest absolute Gasteiger partial charge is 0.120 e. The lowest BCUT2D eigenvalue weighted by Gasteiger charge is -2.01. The highest BCUT2D eigenvalue weighted by molar-refractivity contribution is 14.1. The second-order valence-electron chi connectivity index (χ2n) is 3.05. The van der Waals surface area contributed by atoms with Crippen molar-refractivity contribution in [2.45, 2.75) is 0 Å². The van der Waals surface area contributed by atoms with E-state index in [1.54, 1.807) is 7.11 Å². The van der Waals surface area contributed by atoms with Crippen LogP contribution in [-0.2, 0) is 7.05 Å². The SMILES string of the molecule is COc1ccc2c(I)c(I)n(C)c2c1. The van der Waals surface area contributed by atoms with E-state index in [0.717, 1.165) is 5.75 Å². The van der Waals surface area contributed by atoms with Gasteiger partial charge in [0.05, 0.1) is 19.9 Å². The predicted octanol–water partition coefficient (Wildman–Crippen LogP) is 3.40. The molecule has 0 unspecified atom stereocenters. The lowest BCUT2D eigenvalue weighted by Crippen LogP contribution is -1.90. The van der Waals surface area contributed by atoms with Crippen LogP contribution < -0.4 is 4.74 Å². The van der Waals surface area contributed by atoms with E-state index >= 15 is 0 Å². The van der Waals surface area contributed by atoms with Crippen LogP contribution in [0.3, 0.4) is 0 Å². The van der Waals surface area contributed by atoms with Gasteiger partial charge >= 0.3 is 0 Å². The number of aryl methyl sites for hydroxylation is 1. The fourth-order valence-corrected chi connectivity index (χ4v) is 2.83. The van der Waals surface area contributed by atoms with Gasteiger partial charge in [0.1, 0.15) is 5.75 Å². The molecule has 2 aromatic rings. The van der Waals surface area contributed by atoms with Crippen LogP contribution in [0.25, 0.3) is 10.9 Å². The molecule has 0 N–H and O–H groups in total. The lowest BCUT2D eigenvalue weighted by molar-refractivity contribution is 0.415. The molecule has 0 radical (unpaired) electrons. The van der Waals surface area contributed by atoms with Gasteiger partial charge in [-0.05, 0) is 57.3 Å². The van der Waals surface area contributed by atoms with Gasteiger partial charge < -0.3 is 9.30 Å². The zero-order chi connectivity index (χ0) is 10.3. The Kier molecular flexibility index (Phi) is 2.92. The fraction of sp³-hybridized carbons (Fsp3) is 0.200. The van der Waals surface area contributed by atoms with E-state index in [2.05, 4.69) is 68.9 Å². The largest absolute Gasteiger partial charge is 0.497 e. The Morgan fingerprint density at radius 3 is 2.64 bits per heavy atom. The molecule has 0 atom stereocenters. The van der Waals surface area contributed by atoms with E-state index in [-0.39, 0.29) is 0 Å². The molecule has 1 aromatic carbocycles. The highest BCUT2D eigenvalue weighted by Crippen LogP contribution is 2.30. The van der Waals surface area contributed by atoms with Gasteiger partial charge in [0.15, 0.2) is 0 Å². The minimum Gasteiger partial charge on any atom is -0.497 e. The standard InChI is InChI=1S/C10H9I2NO/c1-13-8-5-6(14-2)3-4-7(8)9(11)10(13)12/h3-5H,1-2H3. The normalized spacial score (nSPS) is 10.9. The van der Waals surface area contributed by atoms with Crippen LogP contribution in [0.1, 0.15) is 0 Å². The van der Waals surface area contributed by atoms with E-state index in [4.69, 9.17) is 4.74 Å². The van der Waals surface area contributed by atoms with E-state index in [1.807, 2.05) is 6.07 Å². The van der Waals surface area contributed by atoms with Crippen molar-refractivity contribution >= 4 is 56.1 Å². The third-order valence-electron chi connectivity index (χ3n) is 2.28. The Labute approximate surface area is 110 Å². The molecular formula is C10H9I2NO. The van der Waals surface area contributed by atoms with Crippen molar-refractivity contribution in [2.75, 3.05) is 7.11 Å². The number of nitrogens with zero attached hydrogens (tertiary/aromatic N) is 1. The molecule has 74 valence electrons. The first-order valence-corrected chi connectivity index (χ1v) is 6.28. The maximum absolute atomic E-state index is 5.21. The van der Waals surface area contributed by atoms with E-state index in [9.17, 15) is 0 Å². The molecule has 0 aliphatic rings. The van der Waals surface area contributed by atoms with Crippen molar-refractivity contribution in [3.8, 4) is 5.75 Å². The Balaban J connectivity index is 2.82. The number of rotatable bonds is 1.